The second kappa shape index (κ2) is 9.97. The minimum atomic E-state index is -4.87. The van der Waals surface area contributed by atoms with E-state index in [1.165, 1.54) is 34.3 Å². The fraction of sp³-hybridized carbons (Fsp3) is 0.231. The van der Waals surface area contributed by atoms with E-state index in [-0.39, 0.29) is 23.7 Å². The third-order valence-electron chi connectivity index (χ3n) is 6.14. The van der Waals surface area contributed by atoms with Gasteiger partial charge in [-0.25, -0.2) is 9.69 Å². The lowest BCUT2D eigenvalue weighted by atomic mass is 10.0. The summed E-state index contributed by atoms with van der Waals surface area (Å²) >= 11 is 5.94. The quantitative estimate of drug-likeness (QED) is 0.373. The molecule has 0 unspecified atom stereocenters. The van der Waals surface area contributed by atoms with E-state index in [9.17, 15) is 27.6 Å². The number of alkyl halides is 3. The lowest BCUT2D eigenvalue weighted by Crippen LogP contribution is -2.44. The van der Waals surface area contributed by atoms with Gasteiger partial charge >= 0.3 is 12.4 Å². The van der Waals surface area contributed by atoms with Gasteiger partial charge in [0, 0.05) is 36.7 Å². The minimum absolute atomic E-state index is 0.0820. The van der Waals surface area contributed by atoms with Gasteiger partial charge in [0.15, 0.2) is 0 Å². The summed E-state index contributed by atoms with van der Waals surface area (Å²) in [6, 6.07) is 12.0. The monoisotopic (exact) mass is 546 g/mol. The van der Waals surface area contributed by atoms with Crippen LogP contribution in [-0.4, -0.2) is 46.7 Å². The summed E-state index contributed by atoms with van der Waals surface area (Å²) in [5.41, 5.74) is 0.0396. The molecule has 1 saturated heterocycles. The van der Waals surface area contributed by atoms with E-state index in [1.807, 2.05) is 0 Å². The van der Waals surface area contributed by atoms with Crippen LogP contribution in [0.3, 0.4) is 0 Å². The van der Waals surface area contributed by atoms with Crippen molar-refractivity contribution in [1.29, 1.82) is 0 Å². The van der Waals surface area contributed by atoms with Gasteiger partial charge in [-0.3, -0.25) is 14.6 Å². The molecule has 0 radical (unpaired) electrons. The van der Waals surface area contributed by atoms with Crippen molar-refractivity contribution in [2.75, 3.05) is 16.8 Å². The smallest absolute Gasteiger partial charge is 0.406 e. The average molecular weight is 547 g/mol. The molecular weight excluding hydrogens is 525 g/mol. The van der Waals surface area contributed by atoms with E-state index in [2.05, 4.69) is 9.72 Å². The summed E-state index contributed by atoms with van der Waals surface area (Å²) in [6.45, 7) is 3.01. The molecule has 198 valence electrons. The lowest BCUT2D eigenvalue weighted by molar-refractivity contribution is -0.274. The molecule has 38 heavy (non-hydrogen) atoms. The highest BCUT2D eigenvalue weighted by atomic mass is 35.5. The number of carbonyl (C=O) groups is 3. The van der Waals surface area contributed by atoms with Crippen LogP contribution < -0.4 is 14.5 Å². The van der Waals surface area contributed by atoms with E-state index < -0.39 is 29.6 Å². The summed E-state index contributed by atoms with van der Waals surface area (Å²) in [4.78, 5) is 47.6. The number of nitrogens with zero attached hydrogens (tertiary/aromatic N) is 4. The van der Waals surface area contributed by atoms with Crippen LogP contribution in [0.2, 0.25) is 5.02 Å². The Balaban J connectivity index is 1.60. The Hall–Kier alpha value is -4.12. The Morgan fingerprint density at radius 3 is 2.29 bits per heavy atom. The number of ether oxygens (including phenoxy) is 1. The number of carbonyl (C=O) groups excluding carboxylic acids is 3. The van der Waals surface area contributed by atoms with Crippen molar-refractivity contribution < 1.29 is 32.3 Å². The van der Waals surface area contributed by atoms with Gasteiger partial charge in [0.25, 0.3) is 11.8 Å². The number of hydrogen-bond acceptors (Lipinski definition) is 5. The fourth-order valence-electron chi connectivity index (χ4n) is 4.01. The Kier molecular flexibility index (Phi) is 7.07. The van der Waals surface area contributed by atoms with Gasteiger partial charge in [-0.2, -0.15) is 0 Å². The summed E-state index contributed by atoms with van der Waals surface area (Å²) in [5.74, 6) is -1.45. The van der Waals surface area contributed by atoms with Crippen LogP contribution in [0.5, 0.6) is 5.75 Å². The number of halogens is 4. The highest BCUT2D eigenvalue weighted by Gasteiger charge is 2.52. The van der Waals surface area contributed by atoms with Gasteiger partial charge in [0.05, 0.1) is 11.3 Å². The van der Waals surface area contributed by atoms with Crippen molar-refractivity contribution in [2.24, 2.45) is 0 Å². The predicted molar refractivity (Wildman–Crippen MR) is 134 cm³/mol. The van der Waals surface area contributed by atoms with E-state index in [1.54, 1.807) is 51.2 Å². The van der Waals surface area contributed by atoms with Gasteiger partial charge in [-0.15, -0.1) is 13.2 Å². The van der Waals surface area contributed by atoms with Crippen molar-refractivity contribution in [1.82, 2.24) is 9.88 Å². The third-order valence-corrected chi connectivity index (χ3v) is 6.39. The summed E-state index contributed by atoms with van der Waals surface area (Å²) in [5, 5.41) is 0.517. The molecule has 4 rings (SSSR count). The molecule has 0 bridgehead atoms. The number of benzene rings is 2. The molecule has 0 aliphatic carbocycles. The number of aromatic nitrogens is 1. The first-order valence-electron chi connectivity index (χ1n) is 11.3. The Labute approximate surface area is 221 Å². The topological polar surface area (TPSA) is 83.1 Å². The van der Waals surface area contributed by atoms with E-state index >= 15 is 0 Å². The van der Waals surface area contributed by atoms with Crippen LogP contribution >= 0.6 is 11.6 Å². The maximum absolute atomic E-state index is 13.4. The molecule has 0 saturated carbocycles. The van der Waals surface area contributed by atoms with Crippen molar-refractivity contribution in [3.05, 3.63) is 83.1 Å². The summed E-state index contributed by atoms with van der Waals surface area (Å²) < 4.78 is 41.3. The van der Waals surface area contributed by atoms with Gasteiger partial charge in [-0.05, 0) is 74.0 Å². The van der Waals surface area contributed by atoms with Crippen molar-refractivity contribution in [3.63, 3.8) is 0 Å². The summed E-state index contributed by atoms with van der Waals surface area (Å²) in [7, 11) is 1.59. The normalized spacial score (nSPS) is 15.1. The molecular formula is C26H22ClF3N4O4. The molecule has 12 heteroatoms. The first-order chi connectivity index (χ1) is 17.8. The van der Waals surface area contributed by atoms with Crippen LogP contribution in [0.25, 0.3) is 0 Å². The molecule has 0 spiro atoms. The second-order valence-corrected chi connectivity index (χ2v) is 9.42. The average Bonchev–Trinajstić information content (AvgIpc) is 3.03. The number of urea groups is 1. The number of pyridine rings is 1. The van der Waals surface area contributed by atoms with Crippen LogP contribution in [0.4, 0.5) is 29.3 Å². The fourth-order valence-corrected chi connectivity index (χ4v) is 4.14. The van der Waals surface area contributed by atoms with Gasteiger partial charge in [-0.1, -0.05) is 11.6 Å². The SMILES string of the molecule is CN(C(=O)c1cnccc1CN1C(=O)N(c2ccc(OC(F)(F)F)cc2)C(=O)C1(C)C)c1ccc(Cl)cc1. The predicted octanol–water partition coefficient (Wildman–Crippen LogP) is 5.66. The number of rotatable bonds is 6. The number of imide groups is 1. The summed E-state index contributed by atoms with van der Waals surface area (Å²) in [6.07, 6.45) is -2.02. The maximum Gasteiger partial charge on any atom is 0.573 e. The van der Waals surface area contributed by atoms with Gasteiger partial charge < -0.3 is 14.5 Å². The number of amides is 4. The molecule has 0 N–H and O–H groups in total. The Bertz CT molecular complexity index is 1380. The van der Waals surface area contributed by atoms with Crippen LogP contribution in [0, 0.1) is 0 Å². The standard InChI is InChI=1S/C26H22ClF3N4O4/c1-25(2)23(36)34(19-8-10-20(11-9-19)38-26(28,29)30)24(37)33(25)15-16-12-13-31-14-21(16)22(35)32(3)18-6-4-17(27)5-7-18/h4-14H,15H2,1-3H3. The second-order valence-electron chi connectivity index (χ2n) is 8.98. The van der Waals surface area contributed by atoms with E-state index in [0.29, 0.717) is 16.3 Å². The van der Waals surface area contributed by atoms with E-state index in [0.717, 1.165) is 17.0 Å². The first-order valence-corrected chi connectivity index (χ1v) is 11.7. The minimum Gasteiger partial charge on any atom is -0.406 e. The van der Waals surface area contributed by atoms with Crippen LogP contribution in [0.1, 0.15) is 29.8 Å². The maximum atomic E-state index is 13.4. The molecule has 0 atom stereocenters. The molecule has 2 heterocycles. The molecule has 8 nitrogen and oxygen atoms in total. The third kappa shape index (κ3) is 5.28. The molecule has 2 aromatic carbocycles. The highest BCUT2D eigenvalue weighted by Crippen LogP contribution is 2.35. The van der Waals surface area contributed by atoms with Gasteiger partial charge in [0.2, 0.25) is 0 Å². The Morgan fingerprint density at radius 2 is 1.68 bits per heavy atom. The zero-order valence-electron chi connectivity index (χ0n) is 20.5. The number of hydrogen-bond donors (Lipinski definition) is 0. The van der Waals surface area contributed by atoms with Crippen molar-refractivity contribution in [2.45, 2.75) is 32.3 Å². The van der Waals surface area contributed by atoms with Crippen LogP contribution in [0.15, 0.2) is 67.0 Å². The van der Waals surface area contributed by atoms with Crippen LogP contribution in [-0.2, 0) is 11.3 Å². The largest absolute Gasteiger partial charge is 0.573 e. The zero-order chi connectivity index (χ0) is 27.8. The molecule has 1 aromatic heterocycles. The molecule has 1 aliphatic rings. The van der Waals surface area contributed by atoms with E-state index in [4.69, 9.17) is 11.6 Å². The lowest BCUT2D eigenvalue weighted by Gasteiger charge is -2.28. The molecule has 4 amide bonds. The molecule has 1 fully saturated rings. The highest BCUT2D eigenvalue weighted by molar-refractivity contribution is 6.30. The molecule has 1 aliphatic heterocycles. The van der Waals surface area contributed by atoms with Crippen molar-refractivity contribution >= 4 is 40.8 Å². The number of anilines is 2. The molecule has 3 aromatic rings. The van der Waals surface area contributed by atoms with Gasteiger partial charge in [0.1, 0.15) is 11.3 Å². The zero-order valence-corrected chi connectivity index (χ0v) is 21.2. The van der Waals surface area contributed by atoms with Crippen molar-refractivity contribution in [3.8, 4) is 5.75 Å². The first kappa shape index (κ1) is 26.9. The Morgan fingerprint density at radius 1 is 1.05 bits per heavy atom.